The van der Waals surface area contributed by atoms with E-state index in [0.717, 1.165) is 11.4 Å². The molecule has 0 radical (unpaired) electrons. The highest BCUT2D eigenvalue weighted by Gasteiger charge is 2.25. The van der Waals surface area contributed by atoms with Gasteiger partial charge in [-0.1, -0.05) is 38.3 Å². The Morgan fingerprint density at radius 3 is 2.75 bits per heavy atom. The van der Waals surface area contributed by atoms with Gasteiger partial charge in [0, 0.05) is 17.6 Å². The van der Waals surface area contributed by atoms with Crippen molar-refractivity contribution < 1.29 is 0 Å². The molecular weight excluding hydrogens is 244 g/mol. The number of nitrogens with two attached hydrogens (primary N) is 1. The molecule has 106 valence electrons. The van der Waals surface area contributed by atoms with E-state index in [0.29, 0.717) is 5.92 Å². The molecule has 0 saturated heterocycles. The van der Waals surface area contributed by atoms with Crippen molar-refractivity contribution >= 4 is 10.9 Å². The average Bonchev–Trinajstić information content (AvgIpc) is 2.54. The molecule has 1 fully saturated rings. The van der Waals surface area contributed by atoms with Gasteiger partial charge >= 0.3 is 0 Å². The first-order chi connectivity index (χ1) is 9.78. The summed E-state index contributed by atoms with van der Waals surface area (Å²) in [6, 6.07) is 10.8. The molecule has 1 heterocycles. The number of pyridine rings is 1. The number of nitrogens with zero attached hydrogens (tertiary/aromatic N) is 1. The number of aromatic nitrogens is 1. The van der Waals surface area contributed by atoms with E-state index in [1.807, 2.05) is 12.3 Å². The van der Waals surface area contributed by atoms with Crippen LogP contribution in [0.3, 0.4) is 0 Å². The Morgan fingerprint density at radius 1 is 1.20 bits per heavy atom. The third kappa shape index (κ3) is 2.71. The molecule has 1 aliphatic rings. The van der Waals surface area contributed by atoms with Crippen molar-refractivity contribution in [2.75, 3.05) is 0 Å². The van der Waals surface area contributed by atoms with E-state index < -0.39 is 0 Å². The maximum Gasteiger partial charge on any atom is 0.0702 e. The minimum absolute atomic E-state index is 0.178. The molecule has 0 aliphatic heterocycles. The summed E-state index contributed by atoms with van der Waals surface area (Å²) in [5, 5.41) is 1.20. The maximum absolute atomic E-state index is 6.53. The lowest BCUT2D eigenvalue weighted by atomic mass is 9.76. The zero-order valence-corrected chi connectivity index (χ0v) is 12.3. The van der Waals surface area contributed by atoms with Crippen LogP contribution in [0.2, 0.25) is 0 Å². The van der Waals surface area contributed by atoms with Crippen molar-refractivity contribution in [1.29, 1.82) is 0 Å². The second-order valence-electron chi connectivity index (χ2n) is 6.17. The van der Waals surface area contributed by atoms with Crippen molar-refractivity contribution in [3.8, 4) is 0 Å². The second kappa shape index (κ2) is 5.92. The SMILES string of the molecule is CCC1CCC(C(N)c2ccc3ncccc3c2)CC1. The van der Waals surface area contributed by atoms with Gasteiger partial charge in [0.25, 0.3) is 0 Å². The highest BCUT2D eigenvalue weighted by molar-refractivity contribution is 5.79. The van der Waals surface area contributed by atoms with Crippen LogP contribution in [0.1, 0.15) is 50.6 Å². The van der Waals surface area contributed by atoms with Crippen molar-refractivity contribution in [3.63, 3.8) is 0 Å². The summed E-state index contributed by atoms with van der Waals surface area (Å²) in [6.07, 6.45) is 8.43. The molecule has 1 aromatic heterocycles. The summed E-state index contributed by atoms with van der Waals surface area (Å²) in [6.45, 7) is 2.31. The van der Waals surface area contributed by atoms with Crippen LogP contribution in [0.4, 0.5) is 0 Å². The van der Waals surface area contributed by atoms with E-state index in [4.69, 9.17) is 5.73 Å². The Balaban J connectivity index is 1.77. The molecule has 20 heavy (non-hydrogen) atoms. The summed E-state index contributed by atoms with van der Waals surface area (Å²) < 4.78 is 0. The van der Waals surface area contributed by atoms with E-state index in [1.54, 1.807) is 0 Å². The minimum Gasteiger partial charge on any atom is -0.324 e. The molecule has 1 saturated carbocycles. The van der Waals surface area contributed by atoms with Crippen molar-refractivity contribution in [2.24, 2.45) is 17.6 Å². The van der Waals surface area contributed by atoms with Crippen LogP contribution >= 0.6 is 0 Å². The third-order valence-corrected chi connectivity index (χ3v) is 4.99. The lowest BCUT2D eigenvalue weighted by Gasteiger charge is -2.32. The van der Waals surface area contributed by atoms with Crippen LogP contribution in [0.15, 0.2) is 36.5 Å². The Hall–Kier alpha value is -1.41. The first-order valence-electron chi connectivity index (χ1n) is 7.88. The molecule has 0 bridgehead atoms. The Kier molecular flexibility index (Phi) is 4.02. The van der Waals surface area contributed by atoms with E-state index in [9.17, 15) is 0 Å². The number of hydrogen-bond donors (Lipinski definition) is 1. The van der Waals surface area contributed by atoms with Gasteiger partial charge in [0.05, 0.1) is 5.52 Å². The predicted molar refractivity (Wildman–Crippen MR) is 84.4 cm³/mol. The van der Waals surface area contributed by atoms with E-state index in [2.05, 4.69) is 36.2 Å². The Morgan fingerprint density at radius 2 is 2.00 bits per heavy atom. The topological polar surface area (TPSA) is 38.9 Å². The van der Waals surface area contributed by atoms with Gasteiger partial charge in [0.15, 0.2) is 0 Å². The fourth-order valence-corrected chi connectivity index (χ4v) is 3.53. The van der Waals surface area contributed by atoms with E-state index >= 15 is 0 Å². The van der Waals surface area contributed by atoms with E-state index in [-0.39, 0.29) is 6.04 Å². The molecule has 1 atom stereocenters. The summed E-state index contributed by atoms with van der Waals surface area (Å²) in [5.41, 5.74) is 8.85. The molecule has 2 N–H and O–H groups in total. The molecule has 2 aromatic rings. The molecular formula is C18H24N2. The first kappa shape index (κ1) is 13.6. The fraction of sp³-hybridized carbons (Fsp3) is 0.500. The number of benzene rings is 1. The van der Waals surface area contributed by atoms with Crippen molar-refractivity contribution in [2.45, 2.75) is 45.1 Å². The Bertz CT molecular complexity index is 570. The van der Waals surface area contributed by atoms with Crippen LogP contribution in [0.5, 0.6) is 0 Å². The summed E-state index contributed by atoms with van der Waals surface area (Å²) in [7, 11) is 0. The number of fused-ring (bicyclic) bond motifs is 1. The minimum atomic E-state index is 0.178. The monoisotopic (exact) mass is 268 g/mol. The van der Waals surface area contributed by atoms with Crippen LogP contribution in [0, 0.1) is 11.8 Å². The van der Waals surface area contributed by atoms with Gasteiger partial charge in [-0.05, 0) is 48.4 Å². The largest absolute Gasteiger partial charge is 0.324 e. The highest BCUT2D eigenvalue weighted by atomic mass is 14.7. The zero-order chi connectivity index (χ0) is 13.9. The van der Waals surface area contributed by atoms with E-state index in [1.165, 1.54) is 43.1 Å². The smallest absolute Gasteiger partial charge is 0.0702 e. The summed E-state index contributed by atoms with van der Waals surface area (Å²) in [5.74, 6) is 1.58. The molecule has 1 aliphatic carbocycles. The first-order valence-corrected chi connectivity index (χ1v) is 7.88. The van der Waals surface area contributed by atoms with Crippen molar-refractivity contribution in [1.82, 2.24) is 4.98 Å². The quantitative estimate of drug-likeness (QED) is 0.893. The lowest BCUT2D eigenvalue weighted by Crippen LogP contribution is -2.25. The van der Waals surface area contributed by atoms with Crippen LogP contribution < -0.4 is 5.73 Å². The molecule has 2 nitrogen and oxygen atoms in total. The van der Waals surface area contributed by atoms with Crippen LogP contribution in [0.25, 0.3) is 10.9 Å². The fourth-order valence-electron chi connectivity index (χ4n) is 3.53. The number of hydrogen-bond acceptors (Lipinski definition) is 2. The van der Waals surface area contributed by atoms with Crippen LogP contribution in [-0.4, -0.2) is 4.98 Å². The highest BCUT2D eigenvalue weighted by Crippen LogP contribution is 2.37. The zero-order valence-electron chi connectivity index (χ0n) is 12.3. The average molecular weight is 268 g/mol. The Labute approximate surface area is 121 Å². The van der Waals surface area contributed by atoms with Gasteiger partial charge < -0.3 is 5.73 Å². The molecule has 1 unspecified atom stereocenters. The normalized spacial score (nSPS) is 24.7. The lowest BCUT2D eigenvalue weighted by molar-refractivity contribution is 0.240. The predicted octanol–water partition coefficient (Wildman–Crippen LogP) is 4.45. The maximum atomic E-state index is 6.53. The summed E-state index contributed by atoms with van der Waals surface area (Å²) in [4.78, 5) is 4.37. The third-order valence-electron chi connectivity index (χ3n) is 4.99. The van der Waals surface area contributed by atoms with Gasteiger partial charge in [-0.3, -0.25) is 4.98 Å². The van der Waals surface area contributed by atoms with Gasteiger partial charge in [0.2, 0.25) is 0 Å². The van der Waals surface area contributed by atoms with Gasteiger partial charge in [-0.25, -0.2) is 0 Å². The molecule has 3 rings (SSSR count). The van der Waals surface area contributed by atoms with Gasteiger partial charge in [-0.15, -0.1) is 0 Å². The summed E-state index contributed by atoms with van der Waals surface area (Å²) >= 11 is 0. The second-order valence-corrected chi connectivity index (χ2v) is 6.17. The van der Waals surface area contributed by atoms with Crippen LogP contribution in [-0.2, 0) is 0 Å². The molecule has 2 heteroatoms. The van der Waals surface area contributed by atoms with Gasteiger partial charge in [-0.2, -0.15) is 0 Å². The standard InChI is InChI=1S/C18H24N2/c1-2-13-5-7-14(8-6-13)18(19)16-9-10-17-15(12-16)4-3-11-20-17/h3-4,9-14,18H,2,5-8,19H2,1H3. The molecule has 0 amide bonds. The van der Waals surface area contributed by atoms with Gasteiger partial charge in [0.1, 0.15) is 0 Å². The number of rotatable bonds is 3. The molecule has 1 aromatic carbocycles. The van der Waals surface area contributed by atoms with Crippen molar-refractivity contribution in [3.05, 3.63) is 42.1 Å². The molecule has 0 spiro atoms.